The molecule has 1 atom stereocenters. The molecule has 2 aliphatic carbocycles. The number of piperidine rings is 1. The van der Waals surface area contributed by atoms with Crippen molar-refractivity contribution in [2.45, 2.75) is 42.4 Å². The molecular weight excluding hydrogens is 391 g/mol. The first-order valence-corrected chi connectivity index (χ1v) is 11.1. The van der Waals surface area contributed by atoms with Gasteiger partial charge in [-0.25, -0.2) is 13.1 Å². The quantitative estimate of drug-likeness (QED) is 0.831. The normalized spacial score (nSPS) is 25.9. The van der Waals surface area contributed by atoms with Crippen LogP contribution in [0.3, 0.4) is 0 Å². The first-order chi connectivity index (χ1) is 11.3. The third-order valence-electron chi connectivity index (χ3n) is 5.37. The van der Waals surface area contributed by atoms with Gasteiger partial charge >= 0.3 is 0 Å². The molecule has 1 aliphatic heterocycles. The summed E-state index contributed by atoms with van der Waals surface area (Å²) in [5.41, 5.74) is 0.0122. The highest BCUT2D eigenvalue weighted by molar-refractivity contribution is 7.91. The van der Waals surface area contributed by atoms with Gasteiger partial charge in [-0.3, -0.25) is 4.79 Å². The fourth-order valence-corrected chi connectivity index (χ4v) is 6.77. The molecule has 2 saturated carbocycles. The highest BCUT2D eigenvalue weighted by Gasteiger charge is 2.57. The van der Waals surface area contributed by atoms with Gasteiger partial charge < -0.3 is 4.90 Å². The zero-order valence-corrected chi connectivity index (χ0v) is 16.1. The molecule has 0 aromatic carbocycles. The predicted octanol–water partition coefficient (Wildman–Crippen LogP) is 3.12. The van der Waals surface area contributed by atoms with E-state index in [2.05, 4.69) is 4.72 Å². The summed E-state index contributed by atoms with van der Waals surface area (Å²) in [5, 5.41) is 0.263. The molecule has 0 bridgehead atoms. The van der Waals surface area contributed by atoms with Crippen molar-refractivity contribution in [1.29, 1.82) is 0 Å². The molecule has 1 amide bonds. The second-order valence-electron chi connectivity index (χ2n) is 7.03. The topological polar surface area (TPSA) is 66.5 Å². The van der Waals surface area contributed by atoms with E-state index in [1.165, 1.54) is 6.07 Å². The van der Waals surface area contributed by atoms with Gasteiger partial charge in [0.15, 0.2) is 0 Å². The number of rotatable bonds is 4. The summed E-state index contributed by atoms with van der Waals surface area (Å²) in [5.74, 6) is 0.534. The second-order valence-corrected chi connectivity index (χ2v) is 11.0. The number of nitrogens with one attached hydrogen (secondary N) is 1. The van der Waals surface area contributed by atoms with E-state index in [-0.39, 0.29) is 36.9 Å². The third-order valence-corrected chi connectivity index (χ3v) is 9.18. The number of halogens is 2. The lowest BCUT2D eigenvalue weighted by molar-refractivity contribution is -0.134. The van der Waals surface area contributed by atoms with Crippen molar-refractivity contribution >= 4 is 50.5 Å². The number of hydrogen-bond donors (Lipinski definition) is 1. The number of carbonyl (C=O) groups is 1. The minimum absolute atomic E-state index is 0.0122. The molecule has 0 radical (unpaired) electrons. The highest BCUT2D eigenvalue weighted by Crippen LogP contribution is 2.54. The van der Waals surface area contributed by atoms with Crippen LogP contribution in [0.4, 0.5) is 0 Å². The molecule has 1 N–H and O–H groups in total. The number of nitrogens with zero attached hydrogens (tertiary/aromatic N) is 1. The van der Waals surface area contributed by atoms with Crippen LogP contribution in [-0.2, 0) is 14.8 Å². The predicted molar refractivity (Wildman–Crippen MR) is 94.0 cm³/mol. The molecule has 4 rings (SSSR count). The number of carbonyl (C=O) groups excluding carboxylic acids is 1. The Bertz CT molecular complexity index is 761. The molecule has 132 valence electrons. The van der Waals surface area contributed by atoms with Gasteiger partial charge in [0.25, 0.3) is 0 Å². The summed E-state index contributed by atoms with van der Waals surface area (Å²) in [4.78, 5) is 14.1. The maximum Gasteiger partial charge on any atom is 0.250 e. The van der Waals surface area contributed by atoms with Crippen molar-refractivity contribution in [3.8, 4) is 0 Å². The van der Waals surface area contributed by atoms with Gasteiger partial charge in [-0.05, 0) is 43.6 Å². The van der Waals surface area contributed by atoms with Gasteiger partial charge in [0.05, 0.1) is 5.02 Å². The Labute approximate surface area is 155 Å². The van der Waals surface area contributed by atoms with E-state index in [0.717, 1.165) is 56.5 Å². The average molecular weight is 409 g/mol. The smallest absolute Gasteiger partial charge is 0.250 e. The van der Waals surface area contributed by atoms with Crippen LogP contribution in [0.25, 0.3) is 0 Å². The maximum absolute atomic E-state index is 12.5. The van der Waals surface area contributed by atoms with Crippen LogP contribution in [0.2, 0.25) is 9.36 Å². The molecule has 5 nitrogen and oxygen atoms in total. The Balaban J connectivity index is 1.37. The van der Waals surface area contributed by atoms with E-state index in [9.17, 15) is 13.2 Å². The molecule has 3 aliphatic rings. The average Bonchev–Trinajstić information content (AvgIpc) is 3.43. The highest BCUT2D eigenvalue weighted by atomic mass is 35.5. The molecule has 1 saturated heterocycles. The Hall–Kier alpha value is -0.340. The van der Waals surface area contributed by atoms with Crippen LogP contribution in [-0.4, -0.2) is 38.4 Å². The van der Waals surface area contributed by atoms with E-state index in [4.69, 9.17) is 23.2 Å². The van der Waals surface area contributed by atoms with E-state index in [1.54, 1.807) is 0 Å². The number of hydrogen-bond acceptors (Lipinski definition) is 4. The summed E-state index contributed by atoms with van der Waals surface area (Å²) < 4.78 is 28.2. The van der Waals surface area contributed by atoms with Crippen molar-refractivity contribution in [1.82, 2.24) is 9.62 Å². The standard InChI is InChI=1S/C15H18Cl2N2O3S2/c16-10-7-12(23-13(10)17)24(21,22)18-11-8-15(11)3-5-19(6-4-15)14(20)9-1-2-9/h7,9,11,18H,1-6,8H2. The largest absolute Gasteiger partial charge is 0.342 e. The van der Waals surface area contributed by atoms with Crippen LogP contribution in [0.15, 0.2) is 10.3 Å². The van der Waals surface area contributed by atoms with E-state index in [1.807, 2.05) is 4.90 Å². The lowest BCUT2D eigenvalue weighted by Gasteiger charge is -2.33. The summed E-state index contributed by atoms with van der Waals surface area (Å²) in [7, 11) is -3.59. The summed E-state index contributed by atoms with van der Waals surface area (Å²) >= 11 is 12.7. The van der Waals surface area contributed by atoms with E-state index >= 15 is 0 Å². The molecule has 1 unspecified atom stereocenters. The third kappa shape index (κ3) is 3.09. The lowest BCUT2D eigenvalue weighted by atomic mass is 9.92. The Morgan fingerprint density at radius 3 is 2.50 bits per heavy atom. The van der Waals surface area contributed by atoms with E-state index in [0.29, 0.717) is 0 Å². The Kier molecular flexibility index (Phi) is 4.16. The van der Waals surface area contributed by atoms with Gasteiger partial charge in [0.2, 0.25) is 15.9 Å². The Morgan fingerprint density at radius 1 is 1.29 bits per heavy atom. The van der Waals surface area contributed by atoms with Gasteiger partial charge in [-0.2, -0.15) is 0 Å². The van der Waals surface area contributed by atoms with Gasteiger partial charge in [0, 0.05) is 25.0 Å². The molecule has 1 aromatic heterocycles. The molecule has 3 fully saturated rings. The lowest BCUT2D eigenvalue weighted by Crippen LogP contribution is -2.42. The summed E-state index contributed by atoms with van der Waals surface area (Å²) in [6.07, 6.45) is 4.61. The van der Waals surface area contributed by atoms with Crippen molar-refractivity contribution in [2.75, 3.05) is 13.1 Å². The number of amides is 1. The van der Waals surface area contributed by atoms with Crippen LogP contribution in [0.1, 0.15) is 32.1 Å². The second kappa shape index (κ2) is 5.84. The number of likely N-dealkylation sites (tertiary alicyclic amines) is 1. The zero-order chi connectivity index (χ0) is 17.1. The van der Waals surface area contributed by atoms with Crippen molar-refractivity contribution in [2.24, 2.45) is 11.3 Å². The first kappa shape index (κ1) is 17.1. The molecule has 9 heteroatoms. The minimum Gasteiger partial charge on any atom is -0.342 e. The first-order valence-electron chi connectivity index (χ1n) is 8.07. The molecule has 24 heavy (non-hydrogen) atoms. The van der Waals surface area contributed by atoms with Gasteiger partial charge in [-0.15, -0.1) is 11.3 Å². The molecule has 1 spiro atoms. The van der Waals surface area contributed by atoms with Crippen LogP contribution in [0, 0.1) is 11.3 Å². The SMILES string of the molecule is O=C(C1CC1)N1CCC2(CC1)CC2NS(=O)(=O)c1cc(Cl)c(Cl)s1. The summed E-state index contributed by atoms with van der Waals surface area (Å²) in [6, 6.07) is 1.34. The van der Waals surface area contributed by atoms with Gasteiger partial charge in [0.1, 0.15) is 8.55 Å². The Morgan fingerprint density at radius 2 is 1.96 bits per heavy atom. The van der Waals surface area contributed by atoms with Crippen molar-refractivity contribution < 1.29 is 13.2 Å². The minimum atomic E-state index is -3.59. The van der Waals surface area contributed by atoms with Crippen molar-refractivity contribution in [3.63, 3.8) is 0 Å². The molecular formula is C15H18Cl2N2O3S2. The molecule has 1 aromatic rings. The maximum atomic E-state index is 12.5. The van der Waals surface area contributed by atoms with Gasteiger partial charge in [-0.1, -0.05) is 23.2 Å². The number of thiophene rings is 1. The fraction of sp³-hybridized carbons (Fsp3) is 0.667. The monoisotopic (exact) mass is 408 g/mol. The fourth-order valence-electron chi connectivity index (χ4n) is 3.53. The van der Waals surface area contributed by atoms with Crippen LogP contribution in [0.5, 0.6) is 0 Å². The zero-order valence-electron chi connectivity index (χ0n) is 12.9. The van der Waals surface area contributed by atoms with Crippen LogP contribution < -0.4 is 4.72 Å². The van der Waals surface area contributed by atoms with E-state index < -0.39 is 10.0 Å². The summed E-state index contributed by atoms with van der Waals surface area (Å²) in [6.45, 7) is 1.48. The van der Waals surface area contributed by atoms with Crippen LogP contribution >= 0.6 is 34.5 Å². The molecule has 2 heterocycles. The number of sulfonamides is 1. The van der Waals surface area contributed by atoms with Crippen molar-refractivity contribution in [3.05, 3.63) is 15.4 Å².